The zero-order valence-corrected chi connectivity index (χ0v) is 11.4. The van der Waals surface area contributed by atoms with Crippen LogP contribution in [0.1, 0.15) is 12.0 Å². The van der Waals surface area contributed by atoms with E-state index in [2.05, 4.69) is 5.16 Å². The van der Waals surface area contributed by atoms with E-state index in [0.717, 1.165) is 13.0 Å². The number of oxime groups is 1. The molecule has 0 aliphatic heterocycles. The van der Waals surface area contributed by atoms with E-state index < -0.39 is 4.92 Å². The monoisotopic (exact) mass is 282 g/mol. The Balaban J connectivity index is 2.86. The second-order valence-electron chi connectivity index (χ2n) is 4.43. The van der Waals surface area contributed by atoms with Gasteiger partial charge in [-0.2, -0.15) is 0 Å². The van der Waals surface area contributed by atoms with Gasteiger partial charge < -0.3 is 20.6 Å². The standard InChI is InChI=1S/C12H18N4O4/c1-15(2)6-3-7-20-11-5-4-9(16(18)19)8-10(11)12(13)14-17/h4-5,8,17H,3,6-7H2,1-2H3,(H2,13,14). The molecule has 1 aromatic rings. The molecule has 1 rings (SSSR count). The summed E-state index contributed by atoms with van der Waals surface area (Å²) >= 11 is 0. The Hall–Kier alpha value is -2.35. The predicted molar refractivity (Wildman–Crippen MR) is 74.3 cm³/mol. The number of ether oxygens (including phenoxy) is 1. The molecule has 0 aromatic heterocycles. The molecule has 0 bridgehead atoms. The van der Waals surface area contributed by atoms with Gasteiger partial charge in [-0.05, 0) is 26.6 Å². The predicted octanol–water partition coefficient (Wildman–Crippen LogP) is 1.02. The van der Waals surface area contributed by atoms with E-state index in [1.54, 1.807) is 0 Å². The van der Waals surface area contributed by atoms with Crippen LogP contribution in [-0.2, 0) is 0 Å². The van der Waals surface area contributed by atoms with Crippen molar-refractivity contribution in [2.45, 2.75) is 6.42 Å². The van der Waals surface area contributed by atoms with Gasteiger partial charge in [-0.15, -0.1) is 0 Å². The highest BCUT2D eigenvalue weighted by Gasteiger charge is 2.15. The van der Waals surface area contributed by atoms with Gasteiger partial charge in [0.15, 0.2) is 5.84 Å². The second-order valence-corrected chi connectivity index (χ2v) is 4.43. The SMILES string of the molecule is CN(C)CCCOc1ccc([N+](=O)[O-])cc1C(N)=NO. The molecular weight excluding hydrogens is 264 g/mol. The maximum absolute atomic E-state index is 10.7. The van der Waals surface area contributed by atoms with Gasteiger partial charge in [0.1, 0.15) is 5.75 Å². The lowest BCUT2D eigenvalue weighted by atomic mass is 10.1. The Morgan fingerprint density at radius 3 is 2.80 bits per heavy atom. The fraction of sp³-hybridized carbons (Fsp3) is 0.417. The van der Waals surface area contributed by atoms with Gasteiger partial charge in [0.05, 0.1) is 17.1 Å². The lowest BCUT2D eigenvalue weighted by Gasteiger charge is -2.12. The number of rotatable bonds is 7. The van der Waals surface area contributed by atoms with E-state index in [1.807, 2.05) is 19.0 Å². The Morgan fingerprint density at radius 2 is 2.25 bits per heavy atom. The first-order valence-electron chi connectivity index (χ1n) is 5.99. The molecule has 0 heterocycles. The zero-order valence-electron chi connectivity index (χ0n) is 11.4. The van der Waals surface area contributed by atoms with Gasteiger partial charge in [0.25, 0.3) is 5.69 Å². The van der Waals surface area contributed by atoms with E-state index in [0.29, 0.717) is 12.4 Å². The summed E-state index contributed by atoms with van der Waals surface area (Å²) in [5.41, 5.74) is 5.56. The molecule has 0 saturated heterocycles. The maximum Gasteiger partial charge on any atom is 0.270 e. The third kappa shape index (κ3) is 4.39. The van der Waals surface area contributed by atoms with Crippen molar-refractivity contribution in [2.75, 3.05) is 27.2 Å². The number of hydrogen-bond acceptors (Lipinski definition) is 6. The molecule has 0 saturated carbocycles. The van der Waals surface area contributed by atoms with Crippen molar-refractivity contribution in [1.29, 1.82) is 0 Å². The molecule has 0 aliphatic carbocycles. The Morgan fingerprint density at radius 1 is 1.55 bits per heavy atom. The number of nitrogens with two attached hydrogens (primary N) is 1. The first-order chi connectivity index (χ1) is 9.45. The van der Waals surface area contributed by atoms with E-state index in [4.69, 9.17) is 15.7 Å². The highest BCUT2D eigenvalue weighted by atomic mass is 16.6. The maximum atomic E-state index is 10.7. The Labute approximate surface area is 116 Å². The lowest BCUT2D eigenvalue weighted by molar-refractivity contribution is -0.384. The highest BCUT2D eigenvalue weighted by Crippen LogP contribution is 2.24. The van der Waals surface area contributed by atoms with Crippen LogP contribution in [0.3, 0.4) is 0 Å². The number of nitrogens with zero attached hydrogens (tertiary/aromatic N) is 3. The van der Waals surface area contributed by atoms with Crippen molar-refractivity contribution in [2.24, 2.45) is 10.9 Å². The molecule has 1 aromatic carbocycles. The zero-order chi connectivity index (χ0) is 15.1. The number of nitro groups is 1. The normalized spacial score (nSPS) is 11.7. The minimum absolute atomic E-state index is 0.146. The third-order valence-corrected chi connectivity index (χ3v) is 2.56. The van der Waals surface area contributed by atoms with Crippen LogP contribution in [0.15, 0.2) is 23.4 Å². The van der Waals surface area contributed by atoms with Gasteiger partial charge in [0.2, 0.25) is 0 Å². The summed E-state index contributed by atoms with van der Waals surface area (Å²) in [7, 11) is 3.90. The van der Waals surface area contributed by atoms with Crippen molar-refractivity contribution in [3.63, 3.8) is 0 Å². The fourth-order valence-corrected chi connectivity index (χ4v) is 1.57. The van der Waals surface area contributed by atoms with Gasteiger partial charge in [-0.3, -0.25) is 10.1 Å². The van der Waals surface area contributed by atoms with Crippen molar-refractivity contribution in [3.8, 4) is 5.75 Å². The Bertz CT molecular complexity index is 502. The first-order valence-corrected chi connectivity index (χ1v) is 5.99. The Kier molecular flexibility index (Phi) is 5.73. The molecule has 0 atom stereocenters. The smallest absolute Gasteiger partial charge is 0.270 e. The molecule has 3 N–H and O–H groups in total. The van der Waals surface area contributed by atoms with Crippen LogP contribution in [0.2, 0.25) is 0 Å². The minimum atomic E-state index is -0.552. The summed E-state index contributed by atoms with van der Waals surface area (Å²) in [6.45, 7) is 1.29. The summed E-state index contributed by atoms with van der Waals surface area (Å²) in [5, 5.41) is 22.3. The second kappa shape index (κ2) is 7.29. The molecule has 0 radical (unpaired) electrons. The molecule has 8 heteroatoms. The largest absolute Gasteiger partial charge is 0.493 e. The van der Waals surface area contributed by atoms with Crippen LogP contribution in [0.25, 0.3) is 0 Å². The van der Waals surface area contributed by atoms with Crippen LogP contribution >= 0.6 is 0 Å². The van der Waals surface area contributed by atoms with Gasteiger partial charge >= 0.3 is 0 Å². The molecule has 0 aliphatic rings. The number of nitro benzene ring substituents is 1. The third-order valence-electron chi connectivity index (χ3n) is 2.56. The molecule has 0 unspecified atom stereocenters. The molecule has 8 nitrogen and oxygen atoms in total. The lowest BCUT2D eigenvalue weighted by Crippen LogP contribution is -2.18. The van der Waals surface area contributed by atoms with Gasteiger partial charge in [-0.25, -0.2) is 0 Å². The van der Waals surface area contributed by atoms with E-state index in [9.17, 15) is 10.1 Å². The summed E-state index contributed by atoms with van der Waals surface area (Å²) in [6, 6.07) is 3.98. The van der Waals surface area contributed by atoms with Crippen LogP contribution in [0.5, 0.6) is 5.75 Å². The number of non-ortho nitro benzene ring substituents is 1. The molecule has 0 amide bonds. The van der Waals surface area contributed by atoms with E-state index >= 15 is 0 Å². The van der Waals surface area contributed by atoms with E-state index in [-0.39, 0.29) is 17.1 Å². The molecule has 0 spiro atoms. The van der Waals surface area contributed by atoms with Crippen molar-refractivity contribution in [3.05, 3.63) is 33.9 Å². The summed E-state index contributed by atoms with van der Waals surface area (Å²) in [6.07, 6.45) is 0.791. The summed E-state index contributed by atoms with van der Waals surface area (Å²) in [4.78, 5) is 12.2. The molecule has 20 heavy (non-hydrogen) atoms. The minimum Gasteiger partial charge on any atom is -0.493 e. The summed E-state index contributed by atoms with van der Waals surface area (Å²) < 4.78 is 5.52. The number of hydrogen-bond donors (Lipinski definition) is 2. The quantitative estimate of drug-likeness (QED) is 0.193. The van der Waals surface area contributed by atoms with Crippen molar-refractivity contribution < 1.29 is 14.9 Å². The van der Waals surface area contributed by atoms with Crippen LogP contribution < -0.4 is 10.5 Å². The van der Waals surface area contributed by atoms with Crippen LogP contribution in [0, 0.1) is 10.1 Å². The molecular formula is C12H18N4O4. The number of benzene rings is 1. The van der Waals surface area contributed by atoms with Gasteiger partial charge in [-0.1, -0.05) is 5.16 Å². The van der Waals surface area contributed by atoms with Gasteiger partial charge in [0, 0.05) is 18.7 Å². The molecule has 0 fully saturated rings. The average Bonchev–Trinajstić information content (AvgIpc) is 2.42. The summed E-state index contributed by atoms with van der Waals surface area (Å²) in [5.74, 6) is 0.126. The molecule has 110 valence electrons. The number of amidine groups is 1. The topological polar surface area (TPSA) is 114 Å². The van der Waals surface area contributed by atoms with Crippen LogP contribution in [-0.4, -0.2) is 48.1 Å². The van der Waals surface area contributed by atoms with Crippen molar-refractivity contribution >= 4 is 11.5 Å². The van der Waals surface area contributed by atoms with E-state index in [1.165, 1.54) is 18.2 Å². The average molecular weight is 282 g/mol. The fourth-order valence-electron chi connectivity index (χ4n) is 1.57. The van der Waals surface area contributed by atoms with Crippen molar-refractivity contribution in [1.82, 2.24) is 4.90 Å². The first kappa shape index (κ1) is 15.7. The van der Waals surface area contributed by atoms with Crippen LogP contribution in [0.4, 0.5) is 5.69 Å². The highest BCUT2D eigenvalue weighted by molar-refractivity contribution is 6.00.